The fraction of sp³-hybridized carbons (Fsp3) is 0.294. The molecule has 0 saturated heterocycles. The number of aryl methyl sites for hydroxylation is 1. The minimum Gasteiger partial charge on any atom is -0.325 e. The predicted molar refractivity (Wildman–Crippen MR) is 98.3 cm³/mol. The molecule has 0 spiro atoms. The van der Waals surface area contributed by atoms with Crippen LogP contribution in [0.2, 0.25) is 5.15 Å². The Morgan fingerprint density at radius 1 is 1.32 bits per heavy atom. The van der Waals surface area contributed by atoms with Crippen LogP contribution in [0.3, 0.4) is 0 Å². The summed E-state index contributed by atoms with van der Waals surface area (Å²) < 4.78 is 39.0. The third-order valence-corrected chi connectivity index (χ3v) is 4.43. The van der Waals surface area contributed by atoms with Crippen LogP contribution in [0.15, 0.2) is 29.3 Å². The third kappa shape index (κ3) is 4.15. The standard InChI is InChI=1S/C17H16BrClF3N3/c1-5-25(13-7-6-11(8-12(13)18)17(20,21)22)16-14(9(2)3)15(19)23-10(4)24-16/h6-8H,2,5H2,1,3-4H3. The first-order valence-electron chi connectivity index (χ1n) is 7.40. The van der Waals surface area contributed by atoms with Gasteiger partial charge in [-0.1, -0.05) is 18.2 Å². The van der Waals surface area contributed by atoms with Crippen LogP contribution in [0.4, 0.5) is 24.7 Å². The summed E-state index contributed by atoms with van der Waals surface area (Å²) in [5.74, 6) is 0.972. The predicted octanol–water partition coefficient (Wildman–Crippen LogP) is 6.41. The number of nitrogens with zero attached hydrogens (tertiary/aromatic N) is 3. The summed E-state index contributed by atoms with van der Waals surface area (Å²) in [5, 5.41) is 0.261. The van der Waals surface area contributed by atoms with Gasteiger partial charge >= 0.3 is 6.18 Å². The zero-order valence-corrected chi connectivity index (χ0v) is 16.2. The minimum absolute atomic E-state index is 0.261. The number of alkyl halides is 3. The van der Waals surface area contributed by atoms with Crippen LogP contribution in [0.25, 0.3) is 5.57 Å². The molecule has 0 radical (unpaired) electrons. The molecule has 25 heavy (non-hydrogen) atoms. The molecule has 2 rings (SSSR count). The maximum absolute atomic E-state index is 12.9. The van der Waals surface area contributed by atoms with E-state index in [1.165, 1.54) is 6.07 Å². The van der Waals surface area contributed by atoms with Gasteiger partial charge in [0.1, 0.15) is 16.8 Å². The van der Waals surface area contributed by atoms with Gasteiger partial charge in [-0.25, -0.2) is 9.97 Å². The first-order chi connectivity index (χ1) is 11.6. The molecule has 3 nitrogen and oxygen atoms in total. The summed E-state index contributed by atoms with van der Waals surface area (Å²) in [6, 6.07) is 3.50. The highest BCUT2D eigenvalue weighted by Gasteiger charge is 2.31. The highest BCUT2D eigenvalue weighted by molar-refractivity contribution is 9.10. The van der Waals surface area contributed by atoms with Crippen LogP contribution >= 0.6 is 27.5 Å². The molecule has 0 amide bonds. The van der Waals surface area contributed by atoms with Gasteiger partial charge in [0, 0.05) is 11.0 Å². The molecule has 0 aliphatic carbocycles. The smallest absolute Gasteiger partial charge is 0.325 e. The lowest BCUT2D eigenvalue weighted by Gasteiger charge is -2.27. The molecular formula is C17H16BrClF3N3. The number of aromatic nitrogens is 2. The Labute approximate surface area is 157 Å². The fourth-order valence-corrected chi connectivity index (χ4v) is 3.38. The number of anilines is 2. The largest absolute Gasteiger partial charge is 0.416 e. The van der Waals surface area contributed by atoms with Crippen LogP contribution in [-0.2, 0) is 6.18 Å². The van der Waals surface area contributed by atoms with Crippen LogP contribution < -0.4 is 4.90 Å². The Kier molecular flexibility index (Phi) is 5.79. The molecule has 0 fully saturated rings. The van der Waals surface area contributed by atoms with E-state index < -0.39 is 11.7 Å². The number of benzene rings is 1. The minimum atomic E-state index is -4.41. The van der Waals surface area contributed by atoms with E-state index in [0.29, 0.717) is 39.5 Å². The van der Waals surface area contributed by atoms with Crippen LogP contribution in [0, 0.1) is 6.92 Å². The highest BCUT2D eigenvalue weighted by Crippen LogP contribution is 2.39. The van der Waals surface area contributed by atoms with E-state index in [0.717, 1.165) is 12.1 Å². The monoisotopic (exact) mass is 433 g/mol. The van der Waals surface area contributed by atoms with Gasteiger partial charge in [-0.05, 0) is 60.5 Å². The summed E-state index contributed by atoms with van der Waals surface area (Å²) >= 11 is 9.48. The second kappa shape index (κ2) is 7.33. The van der Waals surface area contributed by atoms with Crippen molar-refractivity contribution in [3.63, 3.8) is 0 Å². The first kappa shape index (κ1) is 19.7. The second-order valence-electron chi connectivity index (χ2n) is 5.45. The first-order valence-corrected chi connectivity index (χ1v) is 8.57. The summed E-state index contributed by atoms with van der Waals surface area (Å²) in [5.41, 5.74) is 1.06. The number of rotatable bonds is 4. The third-order valence-electron chi connectivity index (χ3n) is 3.52. The van der Waals surface area contributed by atoms with Gasteiger partial charge < -0.3 is 4.90 Å². The maximum Gasteiger partial charge on any atom is 0.416 e. The van der Waals surface area contributed by atoms with Crippen molar-refractivity contribution in [2.24, 2.45) is 0 Å². The number of halogens is 5. The molecule has 8 heteroatoms. The van der Waals surface area contributed by atoms with Gasteiger partial charge in [-0.2, -0.15) is 13.2 Å². The van der Waals surface area contributed by atoms with E-state index >= 15 is 0 Å². The van der Waals surface area contributed by atoms with Gasteiger partial charge in [0.15, 0.2) is 0 Å². The summed E-state index contributed by atoms with van der Waals surface area (Å²) in [4.78, 5) is 10.4. The average molecular weight is 435 g/mol. The molecule has 0 unspecified atom stereocenters. The maximum atomic E-state index is 12.9. The molecule has 134 valence electrons. The van der Waals surface area contributed by atoms with Crippen molar-refractivity contribution >= 4 is 44.6 Å². The van der Waals surface area contributed by atoms with Crippen molar-refractivity contribution in [3.05, 3.63) is 51.4 Å². The van der Waals surface area contributed by atoms with E-state index in [1.807, 2.05) is 6.92 Å². The van der Waals surface area contributed by atoms with Crippen molar-refractivity contribution in [3.8, 4) is 0 Å². The Bertz CT molecular complexity index is 822. The van der Waals surface area contributed by atoms with E-state index in [1.54, 1.807) is 18.7 Å². The van der Waals surface area contributed by atoms with Gasteiger partial charge in [0.2, 0.25) is 0 Å². The van der Waals surface area contributed by atoms with Gasteiger partial charge in [-0.15, -0.1) is 0 Å². The number of hydrogen-bond acceptors (Lipinski definition) is 3. The quantitative estimate of drug-likeness (QED) is 0.521. The van der Waals surface area contributed by atoms with Crippen molar-refractivity contribution in [2.75, 3.05) is 11.4 Å². The van der Waals surface area contributed by atoms with Crippen LogP contribution in [0.5, 0.6) is 0 Å². The molecule has 0 atom stereocenters. The normalized spacial score (nSPS) is 11.5. The van der Waals surface area contributed by atoms with Crippen LogP contribution in [-0.4, -0.2) is 16.5 Å². The summed E-state index contributed by atoms with van der Waals surface area (Å²) in [6.45, 7) is 9.72. The van der Waals surface area contributed by atoms with E-state index in [-0.39, 0.29) is 5.15 Å². The summed E-state index contributed by atoms with van der Waals surface area (Å²) in [6.07, 6.45) is -4.41. The Morgan fingerprint density at radius 3 is 2.44 bits per heavy atom. The lowest BCUT2D eigenvalue weighted by Crippen LogP contribution is -2.21. The molecule has 0 saturated carbocycles. The molecule has 0 aliphatic rings. The lowest BCUT2D eigenvalue weighted by molar-refractivity contribution is -0.137. The van der Waals surface area contributed by atoms with E-state index in [2.05, 4.69) is 32.5 Å². The zero-order chi connectivity index (χ0) is 18.9. The molecule has 2 aromatic rings. The van der Waals surface area contributed by atoms with E-state index in [9.17, 15) is 13.2 Å². The summed E-state index contributed by atoms with van der Waals surface area (Å²) in [7, 11) is 0. The van der Waals surface area contributed by atoms with E-state index in [4.69, 9.17) is 11.6 Å². The molecule has 0 bridgehead atoms. The van der Waals surface area contributed by atoms with Crippen molar-refractivity contribution < 1.29 is 13.2 Å². The molecule has 1 aromatic carbocycles. The lowest BCUT2D eigenvalue weighted by atomic mass is 10.1. The van der Waals surface area contributed by atoms with Crippen molar-refractivity contribution in [1.82, 2.24) is 9.97 Å². The van der Waals surface area contributed by atoms with Gasteiger partial charge in [0.25, 0.3) is 0 Å². The van der Waals surface area contributed by atoms with Gasteiger partial charge in [-0.3, -0.25) is 0 Å². The second-order valence-corrected chi connectivity index (χ2v) is 6.66. The van der Waals surface area contributed by atoms with Crippen molar-refractivity contribution in [1.29, 1.82) is 0 Å². The van der Waals surface area contributed by atoms with Crippen LogP contribution in [0.1, 0.15) is 30.8 Å². The fourth-order valence-electron chi connectivity index (χ4n) is 2.42. The van der Waals surface area contributed by atoms with Crippen molar-refractivity contribution in [2.45, 2.75) is 26.9 Å². The topological polar surface area (TPSA) is 29.0 Å². The average Bonchev–Trinajstić information content (AvgIpc) is 2.47. The Morgan fingerprint density at radius 2 is 1.96 bits per heavy atom. The number of allylic oxidation sites excluding steroid dienone is 1. The highest BCUT2D eigenvalue weighted by atomic mass is 79.9. The molecular weight excluding hydrogens is 419 g/mol. The Hall–Kier alpha value is -1.60. The molecule has 1 heterocycles. The number of hydrogen-bond donors (Lipinski definition) is 0. The molecule has 0 aliphatic heterocycles. The molecule has 1 aromatic heterocycles. The molecule has 0 N–H and O–H groups in total. The zero-order valence-electron chi connectivity index (χ0n) is 13.9. The SMILES string of the molecule is C=C(C)c1c(Cl)nc(C)nc1N(CC)c1ccc(C(F)(F)F)cc1Br. The van der Waals surface area contributed by atoms with Gasteiger partial charge in [0.05, 0.1) is 16.8 Å². The Balaban J connectivity index is 2.64.